The number of H-pyrrole nitrogens is 1. The van der Waals surface area contributed by atoms with Crippen LogP contribution in [0.1, 0.15) is 53.6 Å². The number of hydrogen-bond donors (Lipinski definition) is 3. The zero-order valence-corrected chi connectivity index (χ0v) is 35.8. The van der Waals surface area contributed by atoms with Gasteiger partial charge in [-0.15, -0.1) is 0 Å². The van der Waals surface area contributed by atoms with E-state index >= 15 is 0 Å². The fourth-order valence-corrected chi connectivity index (χ4v) is 9.77. The molecule has 3 N–H and O–H groups in total. The number of hydrogen-bond acceptors (Lipinski definition) is 9. The van der Waals surface area contributed by atoms with Crippen molar-refractivity contribution in [2.75, 3.05) is 76.0 Å². The van der Waals surface area contributed by atoms with Gasteiger partial charge in [-0.25, -0.2) is 18.1 Å². The molecular formula is C46H51ClF2N6O5S. The molecule has 0 bridgehead atoms. The molecule has 2 saturated heterocycles. The van der Waals surface area contributed by atoms with Crippen molar-refractivity contribution in [2.45, 2.75) is 43.9 Å². The van der Waals surface area contributed by atoms with Crippen LogP contribution in [-0.4, -0.2) is 95.0 Å². The number of ether oxygens (including phenoxy) is 2. The second-order valence-electron chi connectivity index (χ2n) is 16.5. The maximum absolute atomic E-state index is 14.3. The molecule has 322 valence electrons. The monoisotopic (exact) mass is 872 g/mol. The van der Waals surface area contributed by atoms with Crippen LogP contribution in [-0.2, 0) is 14.8 Å². The Morgan fingerprint density at radius 2 is 1.77 bits per heavy atom. The summed E-state index contributed by atoms with van der Waals surface area (Å²) in [6, 6.07) is 21.2. The lowest BCUT2D eigenvalue weighted by Crippen LogP contribution is -2.47. The van der Waals surface area contributed by atoms with Gasteiger partial charge in [0.25, 0.3) is 15.9 Å². The highest BCUT2D eigenvalue weighted by Gasteiger charge is 2.37. The van der Waals surface area contributed by atoms with Gasteiger partial charge in [0.15, 0.2) is 0 Å². The van der Waals surface area contributed by atoms with E-state index in [0.717, 1.165) is 71.6 Å². The number of fused-ring (bicyclic) bond motifs is 1. The molecule has 0 spiro atoms. The van der Waals surface area contributed by atoms with E-state index in [1.54, 1.807) is 48.8 Å². The van der Waals surface area contributed by atoms with E-state index in [2.05, 4.69) is 29.8 Å². The van der Waals surface area contributed by atoms with Crippen molar-refractivity contribution in [3.8, 4) is 11.5 Å². The molecule has 15 heteroatoms. The van der Waals surface area contributed by atoms with Crippen molar-refractivity contribution < 1.29 is 31.5 Å². The van der Waals surface area contributed by atoms with Gasteiger partial charge < -0.3 is 24.7 Å². The number of anilines is 2. The topological polar surface area (TPSA) is 129 Å². The Balaban J connectivity index is 0.992. The number of aromatic nitrogens is 2. The third-order valence-corrected chi connectivity index (χ3v) is 13.9. The van der Waals surface area contributed by atoms with Crippen molar-refractivity contribution in [3.63, 3.8) is 0 Å². The molecular weight excluding hydrogens is 822 g/mol. The summed E-state index contributed by atoms with van der Waals surface area (Å²) < 4.78 is 70.0. The van der Waals surface area contributed by atoms with E-state index < -0.39 is 34.7 Å². The van der Waals surface area contributed by atoms with Crippen LogP contribution in [0, 0.1) is 18.3 Å². The van der Waals surface area contributed by atoms with E-state index in [9.17, 15) is 22.0 Å². The Morgan fingerprint density at radius 1 is 1.00 bits per heavy atom. The number of aromatic amines is 1. The predicted octanol–water partition coefficient (Wildman–Crippen LogP) is 8.96. The molecule has 2 aromatic heterocycles. The number of alkyl halides is 2. The first-order chi connectivity index (χ1) is 29.5. The van der Waals surface area contributed by atoms with Crippen LogP contribution >= 0.6 is 11.6 Å². The van der Waals surface area contributed by atoms with Gasteiger partial charge in [-0.1, -0.05) is 29.3 Å². The number of rotatable bonds is 14. The maximum Gasteiger partial charge on any atom is 0.268 e. The lowest BCUT2D eigenvalue weighted by molar-refractivity contribution is 0.0699. The van der Waals surface area contributed by atoms with Crippen LogP contribution in [0.4, 0.5) is 20.2 Å². The van der Waals surface area contributed by atoms with Crippen LogP contribution < -0.4 is 19.7 Å². The van der Waals surface area contributed by atoms with Gasteiger partial charge in [0.05, 0.1) is 30.0 Å². The molecule has 0 radical (unpaired) electrons. The first-order valence-electron chi connectivity index (χ1n) is 20.8. The number of sulfonamides is 1. The third-order valence-electron chi connectivity index (χ3n) is 12.3. The summed E-state index contributed by atoms with van der Waals surface area (Å²) in [6.07, 6.45) is 6.68. The Hall–Kier alpha value is -5.02. The molecule has 11 nitrogen and oxygen atoms in total. The second-order valence-corrected chi connectivity index (χ2v) is 18.6. The van der Waals surface area contributed by atoms with Crippen molar-refractivity contribution in [3.05, 3.63) is 112 Å². The average molecular weight is 873 g/mol. The minimum atomic E-state index is -4.26. The zero-order valence-electron chi connectivity index (χ0n) is 34.2. The van der Waals surface area contributed by atoms with Crippen molar-refractivity contribution in [1.29, 1.82) is 0 Å². The number of amides is 1. The molecule has 3 aromatic carbocycles. The molecule has 4 heterocycles. The highest BCUT2D eigenvalue weighted by atomic mass is 35.5. The van der Waals surface area contributed by atoms with Gasteiger partial charge >= 0.3 is 0 Å². The molecule has 0 unspecified atom stereocenters. The molecule has 3 aliphatic rings. The number of piperazine rings is 1. The van der Waals surface area contributed by atoms with Gasteiger partial charge in [0.2, 0.25) is 0 Å². The fourth-order valence-electron chi connectivity index (χ4n) is 8.59. The number of allylic oxidation sites excluding steroid dienone is 1. The van der Waals surface area contributed by atoms with Crippen LogP contribution in [0.5, 0.6) is 11.5 Å². The number of halogens is 3. The van der Waals surface area contributed by atoms with Gasteiger partial charge in [-0.2, -0.15) is 0 Å². The number of aryl methyl sites for hydroxylation is 1. The van der Waals surface area contributed by atoms with Gasteiger partial charge in [0, 0.05) is 91.9 Å². The van der Waals surface area contributed by atoms with Gasteiger partial charge in [-0.05, 0) is 116 Å². The van der Waals surface area contributed by atoms with Crippen LogP contribution in [0.15, 0.2) is 95.7 Å². The van der Waals surface area contributed by atoms with Gasteiger partial charge in [0.1, 0.15) is 17.1 Å². The molecule has 61 heavy (non-hydrogen) atoms. The molecule has 2 fully saturated rings. The van der Waals surface area contributed by atoms with E-state index in [4.69, 9.17) is 21.1 Å². The van der Waals surface area contributed by atoms with E-state index in [0.29, 0.717) is 74.3 Å². The van der Waals surface area contributed by atoms with E-state index in [1.807, 2.05) is 37.3 Å². The summed E-state index contributed by atoms with van der Waals surface area (Å²) in [5.41, 5.74) is 5.30. The molecule has 1 aliphatic carbocycles. The fraction of sp³-hybridized carbons (Fsp3) is 0.391. The van der Waals surface area contributed by atoms with Crippen LogP contribution in [0.25, 0.3) is 16.6 Å². The van der Waals surface area contributed by atoms with E-state index in [1.165, 1.54) is 6.07 Å². The standard InChI is InChI=1S/C46H51ClF2N6O5S/c1-31-22-39(7-9-42(31)51-26-32-12-20-59-21-13-32)61(57,58)53-45(56)41-8-6-37(24-43(41)60-38-23-34-11-15-50-44(34)52-27-38)55-18-16-54(17-19-55)28-35-25-46(29-48,30-49)14-10-40(35)33-2-4-36(47)5-3-33/h2-9,11,15,22-24,27,32,51H,10,12-14,16-21,25-26,28-30H2,1H3,(H,50,52)(H,53,56). The SMILES string of the molecule is Cc1cc(S(=O)(=O)NC(=O)c2ccc(N3CCN(CC4=C(c5ccc(Cl)cc5)CCC(CF)(CF)C4)CC3)cc2Oc2cnc3[nH]ccc3c2)ccc1NCC1CCOCC1. The predicted molar refractivity (Wildman–Crippen MR) is 236 cm³/mol. The highest BCUT2D eigenvalue weighted by molar-refractivity contribution is 7.90. The number of pyridine rings is 1. The van der Waals surface area contributed by atoms with Crippen LogP contribution in [0.2, 0.25) is 5.02 Å². The normalized spacial score (nSPS) is 17.7. The molecule has 8 rings (SSSR count). The molecule has 0 saturated carbocycles. The Kier molecular flexibility index (Phi) is 13.0. The number of carbonyl (C=O) groups is 1. The minimum absolute atomic E-state index is 0.0293. The largest absolute Gasteiger partial charge is 0.455 e. The summed E-state index contributed by atoms with van der Waals surface area (Å²) in [7, 11) is -4.26. The summed E-state index contributed by atoms with van der Waals surface area (Å²) in [4.78, 5) is 25.9. The quantitative estimate of drug-likeness (QED) is 0.100. The van der Waals surface area contributed by atoms with E-state index in [-0.39, 0.29) is 16.2 Å². The van der Waals surface area contributed by atoms with Gasteiger partial charge in [-0.3, -0.25) is 18.5 Å². The number of carbonyl (C=O) groups excluding carboxylic acids is 1. The summed E-state index contributed by atoms with van der Waals surface area (Å²) in [5, 5.41) is 4.88. The maximum atomic E-state index is 14.3. The first-order valence-corrected chi connectivity index (χ1v) is 22.7. The molecule has 2 aliphatic heterocycles. The first kappa shape index (κ1) is 42.7. The Morgan fingerprint density at radius 3 is 2.51 bits per heavy atom. The lowest BCUT2D eigenvalue weighted by Gasteiger charge is -2.40. The molecule has 0 atom stereocenters. The lowest BCUT2D eigenvalue weighted by atomic mass is 9.71. The summed E-state index contributed by atoms with van der Waals surface area (Å²) in [5.74, 6) is 0.191. The molecule has 1 amide bonds. The van der Waals surface area contributed by atoms with Crippen molar-refractivity contribution >= 4 is 55.5 Å². The Bertz CT molecular complexity index is 2500. The number of nitrogens with one attached hydrogen (secondary N) is 3. The highest BCUT2D eigenvalue weighted by Crippen LogP contribution is 2.44. The summed E-state index contributed by atoms with van der Waals surface area (Å²) in [6.45, 7) is 5.93. The third kappa shape index (κ3) is 9.88. The average Bonchev–Trinajstić information content (AvgIpc) is 3.75. The zero-order chi connectivity index (χ0) is 42.6. The number of nitrogens with zero attached hydrogens (tertiary/aromatic N) is 3. The van der Waals surface area contributed by atoms with Crippen molar-refractivity contribution in [2.24, 2.45) is 11.3 Å². The minimum Gasteiger partial charge on any atom is -0.455 e. The number of benzene rings is 3. The van der Waals surface area contributed by atoms with Crippen LogP contribution in [0.3, 0.4) is 0 Å². The Labute approximate surface area is 360 Å². The smallest absolute Gasteiger partial charge is 0.268 e. The second kappa shape index (κ2) is 18.5. The summed E-state index contributed by atoms with van der Waals surface area (Å²) >= 11 is 6.18. The van der Waals surface area contributed by atoms with Crippen molar-refractivity contribution in [1.82, 2.24) is 19.6 Å². The molecule has 5 aromatic rings.